The molecule has 3 nitrogen and oxygen atoms in total. The molecule has 0 amide bonds. The van der Waals surface area contributed by atoms with Gasteiger partial charge in [0.1, 0.15) is 6.10 Å². The number of hydrogen-bond acceptors (Lipinski definition) is 2. The van der Waals surface area contributed by atoms with Gasteiger partial charge in [0.25, 0.3) is 0 Å². The zero-order chi connectivity index (χ0) is 14.6. The van der Waals surface area contributed by atoms with Crippen molar-refractivity contribution in [2.45, 2.75) is 25.5 Å². The van der Waals surface area contributed by atoms with E-state index in [4.69, 9.17) is 0 Å². The Morgan fingerprint density at radius 1 is 1.00 bits per heavy atom. The summed E-state index contributed by atoms with van der Waals surface area (Å²) in [6, 6.07) is 18.6. The number of aliphatic hydroxyl groups excluding tert-OH is 1. The lowest BCUT2D eigenvalue weighted by Gasteiger charge is -2.29. The van der Waals surface area contributed by atoms with Crippen LogP contribution in [-0.2, 0) is 0 Å². The Labute approximate surface area is 119 Å². The molecule has 2 aromatic rings. The highest BCUT2D eigenvalue weighted by atomic mass is 16.5. The molecule has 0 radical (unpaired) electrons. The Morgan fingerprint density at radius 3 is 2.05 bits per heavy atom. The Morgan fingerprint density at radius 2 is 1.50 bits per heavy atom. The number of nitrogens with zero attached hydrogens (tertiary/aromatic N) is 1. The molecule has 104 valence electrons. The molecule has 1 N–H and O–H groups in total. The van der Waals surface area contributed by atoms with Crippen LogP contribution >= 0.6 is 0 Å². The molecule has 2 rings (SSSR count). The van der Waals surface area contributed by atoms with Gasteiger partial charge in [-0.2, -0.15) is 0 Å². The van der Waals surface area contributed by atoms with Crippen LogP contribution in [0.5, 0.6) is 0 Å². The average molecular weight is 269 g/mol. The molecule has 0 saturated heterocycles. The van der Waals surface area contributed by atoms with Gasteiger partial charge in [-0.1, -0.05) is 48.5 Å². The fourth-order valence-electron chi connectivity index (χ4n) is 2.00. The van der Waals surface area contributed by atoms with Crippen LogP contribution in [0.4, 0.5) is 0 Å². The Balaban J connectivity index is 2.28. The zero-order valence-corrected chi connectivity index (χ0v) is 11.7. The Bertz CT molecular complexity index is 576. The van der Waals surface area contributed by atoms with E-state index in [1.54, 1.807) is 13.8 Å². The van der Waals surface area contributed by atoms with Gasteiger partial charge in [0.15, 0.2) is 11.8 Å². The lowest BCUT2D eigenvalue weighted by atomic mass is 9.91. The quantitative estimate of drug-likeness (QED) is 0.401. The monoisotopic (exact) mass is 269 g/mol. The molecule has 20 heavy (non-hydrogen) atoms. The number of rotatable bonds is 4. The third-order valence-corrected chi connectivity index (χ3v) is 3.42. The van der Waals surface area contributed by atoms with Crippen molar-refractivity contribution in [1.82, 2.24) is 0 Å². The first-order chi connectivity index (χ1) is 9.51. The van der Waals surface area contributed by atoms with Gasteiger partial charge in [-0.3, -0.25) is 0 Å². The topological polar surface area (TPSA) is 46.3 Å². The van der Waals surface area contributed by atoms with Crippen LogP contribution in [0.1, 0.15) is 31.1 Å². The van der Waals surface area contributed by atoms with Crippen LogP contribution in [-0.4, -0.2) is 21.6 Å². The van der Waals surface area contributed by atoms with E-state index in [2.05, 4.69) is 0 Å². The van der Waals surface area contributed by atoms with E-state index in [0.717, 1.165) is 15.9 Å². The lowest BCUT2D eigenvalue weighted by Crippen LogP contribution is -2.40. The molecule has 0 fully saturated rings. The molecule has 0 saturated carbocycles. The van der Waals surface area contributed by atoms with Gasteiger partial charge in [-0.15, -0.1) is 0 Å². The van der Waals surface area contributed by atoms with Crippen LogP contribution in [0.25, 0.3) is 0 Å². The highest BCUT2D eigenvalue weighted by Gasteiger charge is 2.36. The molecule has 0 heterocycles. The molecule has 1 unspecified atom stereocenters. The van der Waals surface area contributed by atoms with Crippen molar-refractivity contribution in [1.29, 1.82) is 0 Å². The van der Waals surface area contributed by atoms with Crippen LogP contribution in [0, 0.1) is 5.21 Å². The number of benzene rings is 2. The van der Waals surface area contributed by atoms with Gasteiger partial charge >= 0.3 is 0 Å². The third-order valence-electron chi connectivity index (χ3n) is 3.42. The summed E-state index contributed by atoms with van der Waals surface area (Å²) in [6.45, 7) is 3.47. The van der Waals surface area contributed by atoms with Gasteiger partial charge in [0.05, 0.1) is 0 Å². The van der Waals surface area contributed by atoms with Gasteiger partial charge in [-0.25, -0.2) is 4.74 Å². The number of aliphatic hydroxyl groups is 1. The maximum absolute atomic E-state index is 12.4. The minimum absolute atomic E-state index is 0.736. The van der Waals surface area contributed by atoms with Gasteiger partial charge in [-0.05, 0) is 17.7 Å². The first-order valence-electron chi connectivity index (χ1n) is 6.61. The summed E-state index contributed by atoms with van der Waals surface area (Å²) in [6.07, 6.45) is 0.646. The second kappa shape index (κ2) is 5.88. The smallest absolute Gasteiger partial charge is 0.197 e. The number of hydrogen-bond donors (Lipinski definition) is 1. The molecule has 0 aliphatic rings. The summed E-state index contributed by atoms with van der Waals surface area (Å²) in [5.74, 6) is 0. The molecule has 0 aromatic heterocycles. The minimum atomic E-state index is -0.947. The first-order valence-corrected chi connectivity index (χ1v) is 6.61. The van der Waals surface area contributed by atoms with Crippen molar-refractivity contribution in [2.24, 2.45) is 0 Å². The van der Waals surface area contributed by atoms with Crippen molar-refractivity contribution in [3.05, 3.63) is 77.0 Å². The molecular formula is C17H19NO2. The van der Waals surface area contributed by atoms with Crippen molar-refractivity contribution < 1.29 is 9.85 Å². The Kier molecular flexibility index (Phi) is 4.20. The predicted molar refractivity (Wildman–Crippen MR) is 80.7 cm³/mol. The molecule has 0 spiro atoms. The standard InChI is InChI=1S/C17H19NO2/c1-17(2,16(19)15-11-7-4-8-12-15)18(20)13-14-9-5-3-6-10-14/h3-13,16,19H,1-2H3/b18-13-. The summed E-state index contributed by atoms with van der Waals surface area (Å²) in [7, 11) is 0. The summed E-state index contributed by atoms with van der Waals surface area (Å²) in [4.78, 5) is 0. The average Bonchev–Trinajstić information content (AvgIpc) is 2.48. The fraction of sp³-hybridized carbons (Fsp3) is 0.235. The SMILES string of the molecule is CC(C)(C(O)c1ccccc1)/[N+]([O-])=C/c1ccccc1. The van der Waals surface area contributed by atoms with E-state index in [1.807, 2.05) is 60.7 Å². The van der Waals surface area contributed by atoms with Gasteiger partial charge in [0, 0.05) is 19.4 Å². The highest BCUT2D eigenvalue weighted by molar-refractivity contribution is 5.75. The fourth-order valence-corrected chi connectivity index (χ4v) is 2.00. The third kappa shape index (κ3) is 3.06. The molecule has 0 bridgehead atoms. The lowest BCUT2D eigenvalue weighted by molar-refractivity contribution is -0.551. The molecule has 0 aliphatic carbocycles. The summed E-state index contributed by atoms with van der Waals surface area (Å²) in [5, 5.41) is 22.8. The highest BCUT2D eigenvalue weighted by Crippen LogP contribution is 2.28. The van der Waals surface area contributed by atoms with E-state index >= 15 is 0 Å². The molecule has 2 aromatic carbocycles. The van der Waals surface area contributed by atoms with Crippen molar-refractivity contribution in [3.63, 3.8) is 0 Å². The second-order valence-electron chi connectivity index (χ2n) is 5.33. The van der Waals surface area contributed by atoms with Crippen molar-refractivity contribution >= 4 is 6.21 Å². The van der Waals surface area contributed by atoms with Gasteiger partial charge < -0.3 is 10.3 Å². The first kappa shape index (κ1) is 14.3. The van der Waals surface area contributed by atoms with E-state index in [9.17, 15) is 10.3 Å². The van der Waals surface area contributed by atoms with Crippen LogP contribution in [0.15, 0.2) is 60.7 Å². The molecule has 1 atom stereocenters. The Hall–Kier alpha value is -2.13. The van der Waals surface area contributed by atoms with Crippen LogP contribution in [0.2, 0.25) is 0 Å². The minimum Gasteiger partial charge on any atom is -0.623 e. The summed E-state index contributed by atoms with van der Waals surface area (Å²) in [5.41, 5.74) is 0.604. The largest absolute Gasteiger partial charge is 0.623 e. The number of hydroxylamine groups is 1. The maximum atomic E-state index is 12.4. The summed E-state index contributed by atoms with van der Waals surface area (Å²) < 4.78 is 0.819. The zero-order valence-electron chi connectivity index (χ0n) is 11.7. The predicted octanol–water partition coefficient (Wildman–Crippen LogP) is 3.13. The summed E-state index contributed by atoms with van der Waals surface area (Å²) >= 11 is 0. The molecule has 3 heteroatoms. The maximum Gasteiger partial charge on any atom is 0.197 e. The second-order valence-corrected chi connectivity index (χ2v) is 5.33. The van der Waals surface area contributed by atoms with E-state index in [0.29, 0.717) is 0 Å². The van der Waals surface area contributed by atoms with E-state index < -0.39 is 11.6 Å². The van der Waals surface area contributed by atoms with Crippen molar-refractivity contribution in [3.8, 4) is 0 Å². The van der Waals surface area contributed by atoms with Gasteiger partial charge in [0.2, 0.25) is 0 Å². The van der Waals surface area contributed by atoms with E-state index in [-0.39, 0.29) is 0 Å². The van der Waals surface area contributed by atoms with Crippen molar-refractivity contribution in [2.75, 3.05) is 0 Å². The van der Waals surface area contributed by atoms with Crippen LogP contribution < -0.4 is 0 Å². The van der Waals surface area contributed by atoms with Crippen LogP contribution in [0.3, 0.4) is 0 Å². The normalized spacial score (nSPS) is 14.1. The molecular weight excluding hydrogens is 250 g/mol. The molecule has 0 aliphatic heterocycles. The van der Waals surface area contributed by atoms with E-state index in [1.165, 1.54) is 6.21 Å².